The van der Waals surface area contributed by atoms with E-state index >= 15 is 0 Å². The average molecular weight is 398 g/mol. The second-order valence-electron chi connectivity index (χ2n) is 6.29. The van der Waals surface area contributed by atoms with Gasteiger partial charge in [-0.1, -0.05) is 12.1 Å². The number of hydrogen-bond donors (Lipinski definition) is 0. The lowest BCUT2D eigenvalue weighted by molar-refractivity contribution is -0.385. The molecule has 3 rings (SSSR count). The van der Waals surface area contributed by atoms with Crippen LogP contribution in [-0.4, -0.2) is 42.3 Å². The van der Waals surface area contributed by atoms with E-state index in [9.17, 15) is 24.5 Å². The van der Waals surface area contributed by atoms with Crippen LogP contribution in [0.4, 0.5) is 11.4 Å². The number of anilines is 1. The second kappa shape index (κ2) is 8.96. The first-order valence-electron chi connectivity index (χ1n) is 8.91. The lowest BCUT2D eigenvalue weighted by Gasteiger charge is -2.15. The van der Waals surface area contributed by atoms with Crippen LogP contribution in [-0.2, 0) is 14.3 Å². The van der Waals surface area contributed by atoms with Gasteiger partial charge < -0.3 is 14.4 Å². The standard InChI is InChI=1S/C20H18N2O7/c23-17(14-7-9-15(10-8-14)21-11-3-6-19(21)24)12-29-20(25)13-28-18-5-2-1-4-16(18)22(26)27/h1-2,4-5,7-10H,3,6,11-13H2. The van der Waals surface area contributed by atoms with Crippen molar-refractivity contribution in [3.63, 3.8) is 0 Å². The van der Waals surface area contributed by atoms with E-state index in [0.29, 0.717) is 18.5 Å². The van der Waals surface area contributed by atoms with Crippen molar-refractivity contribution in [3.8, 4) is 5.75 Å². The highest BCUT2D eigenvalue weighted by atomic mass is 16.6. The first-order chi connectivity index (χ1) is 14.0. The molecule has 29 heavy (non-hydrogen) atoms. The molecule has 150 valence electrons. The van der Waals surface area contributed by atoms with E-state index in [-0.39, 0.29) is 17.3 Å². The van der Waals surface area contributed by atoms with Crippen molar-refractivity contribution in [2.45, 2.75) is 12.8 Å². The number of Topliss-reactive ketones (excluding diaryl/α,β-unsaturated/α-hetero) is 1. The number of esters is 1. The van der Waals surface area contributed by atoms with E-state index in [1.54, 1.807) is 29.2 Å². The lowest BCUT2D eigenvalue weighted by atomic mass is 10.1. The molecule has 0 radical (unpaired) electrons. The van der Waals surface area contributed by atoms with Gasteiger partial charge in [0, 0.05) is 30.3 Å². The molecule has 1 saturated heterocycles. The zero-order chi connectivity index (χ0) is 20.8. The van der Waals surface area contributed by atoms with Gasteiger partial charge in [0.2, 0.25) is 5.91 Å². The Hall–Kier alpha value is -3.75. The number of carbonyl (C=O) groups excluding carboxylic acids is 3. The summed E-state index contributed by atoms with van der Waals surface area (Å²) in [5, 5.41) is 10.9. The molecule has 1 fully saturated rings. The molecule has 0 unspecified atom stereocenters. The molecule has 0 N–H and O–H groups in total. The number of ketones is 1. The van der Waals surface area contributed by atoms with Gasteiger partial charge in [0.15, 0.2) is 24.7 Å². The van der Waals surface area contributed by atoms with Gasteiger partial charge in [-0.2, -0.15) is 0 Å². The maximum absolute atomic E-state index is 12.2. The molecular weight excluding hydrogens is 380 g/mol. The van der Waals surface area contributed by atoms with Gasteiger partial charge in [-0.25, -0.2) is 4.79 Å². The van der Waals surface area contributed by atoms with Gasteiger partial charge in [0.05, 0.1) is 4.92 Å². The fraction of sp³-hybridized carbons (Fsp3) is 0.250. The van der Waals surface area contributed by atoms with E-state index in [1.165, 1.54) is 24.3 Å². The minimum Gasteiger partial charge on any atom is -0.475 e. The molecule has 1 aliphatic rings. The normalized spacial score (nSPS) is 13.2. The fourth-order valence-electron chi connectivity index (χ4n) is 2.89. The number of nitro benzene ring substituents is 1. The quantitative estimate of drug-likeness (QED) is 0.290. The monoisotopic (exact) mass is 398 g/mol. The first-order valence-corrected chi connectivity index (χ1v) is 8.91. The summed E-state index contributed by atoms with van der Waals surface area (Å²) in [6, 6.07) is 12.1. The topological polar surface area (TPSA) is 116 Å². The van der Waals surface area contributed by atoms with Crippen LogP contribution in [0.25, 0.3) is 0 Å². The molecule has 0 aromatic heterocycles. The summed E-state index contributed by atoms with van der Waals surface area (Å²) in [5.74, 6) is -1.25. The van der Waals surface area contributed by atoms with Gasteiger partial charge in [0.25, 0.3) is 0 Å². The number of nitrogens with zero attached hydrogens (tertiary/aromatic N) is 2. The Labute approximate surface area is 166 Å². The van der Waals surface area contributed by atoms with Crippen molar-refractivity contribution in [1.29, 1.82) is 0 Å². The minimum atomic E-state index is -0.823. The molecule has 1 heterocycles. The third-order valence-corrected chi connectivity index (χ3v) is 4.35. The molecular formula is C20H18N2O7. The molecule has 0 aliphatic carbocycles. The Bertz CT molecular complexity index is 940. The predicted molar refractivity (Wildman–Crippen MR) is 102 cm³/mol. The van der Waals surface area contributed by atoms with E-state index in [0.717, 1.165) is 12.1 Å². The smallest absolute Gasteiger partial charge is 0.344 e. The van der Waals surface area contributed by atoms with Crippen molar-refractivity contribution in [3.05, 3.63) is 64.2 Å². The summed E-state index contributed by atoms with van der Waals surface area (Å²) in [7, 11) is 0. The molecule has 2 aromatic carbocycles. The summed E-state index contributed by atoms with van der Waals surface area (Å²) in [6.45, 7) is -0.390. The van der Waals surface area contributed by atoms with Crippen molar-refractivity contribution < 1.29 is 28.8 Å². The molecule has 0 saturated carbocycles. The third kappa shape index (κ3) is 4.95. The number of para-hydroxylation sites is 2. The fourth-order valence-corrected chi connectivity index (χ4v) is 2.89. The van der Waals surface area contributed by atoms with Gasteiger partial charge in [-0.3, -0.25) is 19.7 Å². The zero-order valence-corrected chi connectivity index (χ0v) is 15.4. The van der Waals surface area contributed by atoms with Crippen LogP contribution in [0.5, 0.6) is 5.75 Å². The van der Waals surface area contributed by atoms with Gasteiger partial charge >= 0.3 is 11.7 Å². The summed E-state index contributed by atoms with van der Waals surface area (Å²) in [6.07, 6.45) is 1.33. The average Bonchev–Trinajstić information content (AvgIpc) is 3.16. The lowest BCUT2D eigenvalue weighted by Crippen LogP contribution is -2.23. The number of amides is 1. The van der Waals surface area contributed by atoms with Crippen molar-refractivity contribution in [2.24, 2.45) is 0 Å². The number of hydrogen-bond acceptors (Lipinski definition) is 7. The highest BCUT2D eigenvalue weighted by Gasteiger charge is 2.22. The highest BCUT2D eigenvalue weighted by molar-refractivity contribution is 5.99. The molecule has 0 atom stereocenters. The molecule has 9 nitrogen and oxygen atoms in total. The van der Waals surface area contributed by atoms with E-state index < -0.39 is 29.9 Å². The van der Waals surface area contributed by atoms with Crippen molar-refractivity contribution >= 4 is 29.0 Å². The van der Waals surface area contributed by atoms with Gasteiger partial charge in [-0.15, -0.1) is 0 Å². The van der Waals surface area contributed by atoms with E-state index in [4.69, 9.17) is 9.47 Å². The largest absolute Gasteiger partial charge is 0.475 e. The van der Waals surface area contributed by atoms with Gasteiger partial charge in [0.1, 0.15) is 0 Å². The highest BCUT2D eigenvalue weighted by Crippen LogP contribution is 2.25. The molecule has 9 heteroatoms. The Balaban J connectivity index is 1.49. The van der Waals surface area contributed by atoms with Crippen LogP contribution in [0, 0.1) is 10.1 Å². The van der Waals surface area contributed by atoms with Crippen LogP contribution >= 0.6 is 0 Å². The number of rotatable bonds is 8. The van der Waals surface area contributed by atoms with Gasteiger partial charge in [-0.05, 0) is 36.8 Å². The minimum absolute atomic E-state index is 0.0525. The van der Waals surface area contributed by atoms with Crippen LogP contribution in [0.3, 0.4) is 0 Å². The molecule has 1 aliphatic heterocycles. The molecule has 2 aromatic rings. The number of carbonyl (C=O) groups is 3. The Kier molecular flexibility index (Phi) is 6.18. The van der Waals surface area contributed by atoms with Crippen molar-refractivity contribution in [1.82, 2.24) is 0 Å². The summed E-state index contributed by atoms with van der Waals surface area (Å²) < 4.78 is 10.00. The summed E-state index contributed by atoms with van der Waals surface area (Å²) in [5.41, 5.74) is 0.791. The SMILES string of the molecule is O=C(COc1ccccc1[N+](=O)[O-])OCC(=O)c1ccc(N2CCCC2=O)cc1. The Morgan fingerprint density at radius 3 is 2.45 bits per heavy atom. The van der Waals surface area contributed by atoms with Crippen LogP contribution in [0.15, 0.2) is 48.5 Å². The zero-order valence-electron chi connectivity index (χ0n) is 15.4. The maximum atomic E-state index is 12.2. The van der Waals surface area contributed by atoms with Crippen LogP contribution in [0.2, 0.25) is 0 Å². The second-order valence-corrected chi connectivity index (χ2v) is 6.29. The maximum Gasteiger partial charge on any atom is 0.344 e. The van der Waals surface area contributed by atoms with Crippen LogP contribution < -0.4 is 9.64 Å². The predicted octanol–water partition coefficient (Wildman–Crippen LogP) is 2.53. The summed E-state index contributed by atoms with van der Waals surface area (Å²) in [4.78, 5) is 47.7. The van der Waals surface area contributed by atoms with Crippen molar-refractivity contribution in [2.75, 3.05) is 24.7 Å². The van der Waals surface area contributed by atoms with E-state index in [2.05, 4.69) is 0 Å². The number of ether oxygens (including phenoxy) is 2. The molecule has 1 amide bonds. The molecule has 0 bridgehead atoms. The number of benzene rings is 2. The Morgan fingerprint density at radius 1 is 1.07 bits per heavy atom. The molecule has 0 spiro atoms. The summed E-state index contributed by atoms with van der Waals surface area (Å²) >= 11 is 0. The van der Waals surface area contributed by atoms with Crippen LogP contribution in [0.1, 0.15) is 23.2 Å². The number of nitro groups is 1. The Morgan fingerprint density at radius 2 is 1.79 bits per heavy atom. The van der Waals surface area contributed by atoms with E-state index in [1.807, 2.05) is 0 Å². The third-order valence-electron chi connectivity index (χ3n) is 4.35. The first kappa shape index (κ1) is 20.0.